The molecule has 0 aliphatic heterocycles. The molecule has 1 unspecified atom stereocenters. The average Bonchev–Trinajstić information content (AvgIpc) is 2.26. The topological polar surface area (TPSA) is 55.5 Å². The Kier molecular flexibility index (Phi) is 4.41. The third kappa shape index (κ3) is 4.00. The summed E-state index contributed by atoms with van der Waals surface area (Å²) in [5.41, 5.74) is 6.97. The van der Waals surface area contributed by atoms with E-state index in [1.807, 2.05) is 13.0 Å². The van der Waals surface area contributed by atoms with Gasteiger partial charge in [0.05, 0.1) is 0 Å². The van der Waals surface area contributed by atoms with E-state index in [1.54, 1.807) is 6.92 Å². The largest absolute Gasteiger partial charge is 0.490 e. The molecule has 0 spiro atoms. The van der Waals surface area contributed by atoms with Crippen molar-refractivity contribution in [2.45, 2.75) is 45.6 Å². The molecular formula is C15H25NO2. The second-order valence-corrected chi connectivity index (χ2v) is 6.22. The number of hydrogen-bond acceptors (Lipinski definition) is 3. The van der Waals surface area contributed by atoms with Crippen molar-refractivity contribution in [3.05, 3.63) is 29.3 Å². The van der Waals surface area contributed by atoms with Gasteiger partial charge in [0.1, 0.15) is 18.0 Å². The van der Waals surface area contributed by atoms with Crippen LogP contribution in [-0.4, -0.2) is 23.9 Å². The fraction of sp³-hybridized carbons (Fsp3) is 0.600. The highest BCUT2D eigenvalue weighted by Gasteiger charge is 2.20. The lowest BCUT2D eigenvalue weighted by atomic mass is 9.86. The molecular weight excluding hydrogens is 226 g/mol. The summed E-state index contributed by atoms with van der Waals surface area (Å²) in [4.78, 5) is 0. The molecule has 0 bridgehead atoms. The molecule has 0 saturated carbocycles. The summed E-state index contributed by atoms with van der Waals surface area (Å²) in [5.74, 6) is 0.803. The van der Waals surface area contributed by atoms with Crippen LogP contribution < -0.4 is 10.5 Å². The van der Waals surface area contributed by atoms with Crippen molar-refractivity contribution in [3.8, 4) is 5.75 Å². The van der Waals surface area contributed by atoms with Gasteiger partial charge in [-0.15, -0.1) is 0 Å². The van der Waals surface area contributed by atoms with Crippen molar-refractivity contribution in [1.29, 1.82) is 0 Å². The normalized spacial score (nSPS) is 15.3. The second kappa shape index (κ2) is 5.29. The fourth-order valence-electron chi connectivity index (χ4n) is 1.57. The SMILES string of the molecule is Cc1cc(C(C)(C)C)ccc1OCC(C)(O)CN. The lowest BCUT2D eigenvalue weighted by Crippen LogP contribution is -2.40. The van der Waals surface area contributed by atoms with Gasteiger partial charge in [0.2, 0.25) is 0 Å². The minimum atomic E-state index is -0.977. The van der Waals surface area contributed by atoms with Gasteiger partial charge in [0.25, 0.3) is 0 Å². The lowest BCUT2D eigenvalue weighted by Gasteiger charge is -2.23. The molecule has 1 atom stereocenters. The second-order valence-electron chi connectivity index (χ2n) is 6.22. The third-order valence-corrected chi connectivity index (χ3v) is 3.02. The summed E-state index contributed by atoms with van der Waals surface area (Å²) in [7, 11) is 0. The Labute approximate surface area is 110 Å². The van der Waals surface area contributed by atoms with Gasteiger partial charge in [-0.05, 0) is 36.5 Å². The first-order valence-corrected chi connectivity index (χ1v) is 6.32. The van der Waals surface area contributed by atoms with Gasteiger partial charge in [-0.2, -0.15) is 0 Å². The molecule has 1 aromatic rings. The van der Waals surface area contributed by atoms with Crippen LogP contribution in [-0.2, 0) is 5.41 Å². The zero-order chi connectivity index (χ0) is 14.0. The monoisotopic (exact) mass is 251 g/mol. The van der Waals surface area contributed by atoms with Crippen molar-refractivity contribution in [2.75, 3.05) is 13.2 Å². The van der Waals surface area contributed by atoms with Gasteiger partial charge in [0.15, 0.2) is 0 Å². The molecule has 3 nitrogen and oxygen atoms in total. The van der Waals surface area contributed by atoms with Crippen molar-refractivity contribution < 1.29 is 9.84 Å². The van der Waals surface area contributed by atoms with Crippen molar-refractivity contribution in [1.82, 2.24) is 0 Å². The Morgan fingerprint density at radius 2 is 1.83 bits per heavy atom. The molecule has 0 aliphatic rings. The van der Waals surface area contributed by atoms with Crippen LogP contribution in [0.2, 0.25) is 0 Å². The number of ether oxygens (including phenoxy) is 1. The molecule has 0 saturated heterocycles. The summed E-state index contributed by atoms with van der Waals surface area (Å²) in [6.07, 6.45) is 0. The summed E-state index contributed by atoms with van der Waals surface area (Å²) in [5, 5.41) is 9.81. The van der Waals surface area contributed by atoms with Crippen LogP contribution >= 0.6 is 0 Å². The van der Waals surface area contributed by atoms with Crippen molar-refractivity contribution in [2.24, 2.45) is 5.73 Å². The predicted octanol–water partition coefficient (Wildman–Crippen LogP) is 2.38. The fourth-order valence-corrected chi connectivity index (χ4v) is 1.57. The summed E-state index contributed by atoms with van der Waals surface area (Å²) in [6.45, 7) is 10.6. The summed E-state index contributed by atoms with van der Waals surface area (Å²) >= 11 is 0. The molecule has 1 aromatic carbocycles. The van der Waals surface area contributed by atoms with Gasteiger partial charge in [-0.3, -0.25) is 0 Å². The van der Waals surface area contributed by atoms with Gasteiger partial charge in [0, 0.05) is 6.54 Å². The minimum absolute atomic E-state index is 0.131. The molecule has 0 heterocycles. The highest BCUT2D eigenvalue weighted by atomic mass is 16.5. The minimum Gasteiger partial charge on any atom is -0.490 e. The number of benzene rings is 1. The van der Waals surface area contributed by atoms with Crippen LogP contribution in [0.25, 0.3) is 0 Å². The van der Waals surface area contributed by atoms with Crippen LogP contribution in [0.15, 0.2) is 18.2 Å². The van der Waals surface area contributed by atoms with E-state index in [4.69, 9.17) is 10.5 Å². The van der Waals surface area contributed by atoms with Crippen molar-refractivity contribution >= 4 is 0 Å². The first-order chi connectivity index (χ1) is 8.15. The van der Waals surface area contributed by atoms with E-state index in [2.05, 4.69) is 32.9 Å². The first kappa shape index (κ1) is 15.0. The molecule has 102 valence electrons. The van der Waals surface area contributed by atoms with Crippen molar-refractivity contribution in [3.63, 3.8) is 0 Å². The van der Waals surface area contributed by atoms with Gasteiger partial charge >= 0.3 is 0 Å². The summed E-state index contributed by atoms with van der Waals surface area (Å²) < 4.78 is 5.63. The number of hydrogen-bond donors (Lipinski definition) is 2. The maximum Gasteiger partial charge on any atom is 0.122 e. The Bertz CT molecular complexity index is 405. The zero-order valence-electron chi connectivity index (χ0n) is 12.1. The third-order valence-electron chi connectivity index (χ3n) is 3.02. The number of nitrogens with two attached hydrogens (primary N) is 1. The van der Waals surface area contributed by atoms with Gasteiger partial charge in [-0.25, -0.2) is 0 Å². The number of aliphatic hydroxyl groups is 1. The van der Waals surface area contributed by atoms with E-state index in [-0.39, 0.29) is 18.6 Å². The molecule has 0 fully saturated rings. The molecule has 0 aromatic heterocycles. The Morgan fingerprint density at radius 1 is 1.22 bits per heavy atom. The Balaban J connectivity index is 2.81. The van der Waals surface area contributed by atoms with E-state index in [9.17, 15) is 5.11 Å². The number of rotatable bonds is 4. The molecule has 0 radical (unpaired) electrons. The smallest absolute Gasteiger partial charge is 0.122 e. The van der Waals surface area contributed by atoms with E-state index >= 15 is 0 Å². The van der Waals surface area contributed by atoms with Crippen LogP contribution in [0.5, 0.6) is 5.75 Å². The Hall–Kier alpha value is -1.06. The predicted molar refractivity (Wildman–Crippen MR) is 75.1 cm³/mol. The lowest BCUT2D eigenvalue weighted by molar-refractivity contribution is 0.0193. The Morgan fingerprint density at radius 3 is 2.28 bits per heavy atom. The van der Waals surface area contributed by atoms with Crippen LogP contribution in [0.1, 0.15) is 38.8 Å². The molecule has 1 rings (SSSR count). The molecule has 3 N–H and O–H groups in total. The quantitative estimate of drug-likeness (QED) is 0.864. The van der Waals surface area contributed by atoms with Crippen LogP contribution in [0, 0.1) is 6.92 Å². The summed E-state index contributed by atoms with van der Waals surface area (Å²) in [6, 6.07) is 6.16. The van der Waals surface area contributed by atoms with Crippen LogP contribution in [0.3, 0.4) is 0 Å². The standard InChI is InChI=1S/C15H25NO2/c1-11-8-12(14(2,3)4)6-7-13(11)18-10-15(5,17)9-16/h6-8,17H,9-10,16H2,1-5H3. The molecule has 0 amide bonds. The van der Waals surface area contributed by atoms with E-state index < -0.39 is 5.60 Å². The maximum atomic E-state index is 9.81. The van der Waals surface area contributed by atoms with E-state index in [0.717, 1.165) is 11.3 Å². The van der Waals surface area contributed by atoms with Crippen LogP contribution in [0.4, 0.5) is 0 Å². The molecule has 3 heteroatoms. The average molecular weight is 251 g/mol. The highest BCUT2D eigenvalue weighted by molar-refractivity contribution is 5.38. The van der Waals surface area contributed by atoms with E-state index in [0.29, 0.717) is 0 Å². The number of aryl methyl sites for hydroxylation is 1. The molecule has 0 aliphatic carbocycles. The first-order valence-electron chi connectivity index (χ1n) is 6.32. The maximum absolute atomic E-state index is 9.81. The molecule has 18 heavy (non-hydrogen) atoms. The van der Waals surface area contributed by atoms with Gasteiger partial charge in [-0.1, -0.05) is 32.9 Å². The van der Waals surface area contributed by atoms with Gasteiger partial charge < -0.3 is 15.6 Å². The zero-order valence-corrected chi connectivity index (χ0v) is 12.1. The van der Waals surface area contributed by atoms with E-state index in [1.165, 1.54) is 5.56 Å². The highest BCUT2D eigenvalue weighted by Crippen LogP contribution is 2.27.